The summed E-state index contributed by atoms with van der Waals surface area (Å²) < 4.78 is 36.4. The fraction of sp³-hybridized carbons (Fsp3) is 0. The van der Waals surface area contributed by atoms with Crippen molar-refractivity contribution in [3.05, 3.63) is 59.1 Å². The topological polar surface area (TPSA) is 88.2 Å². The van der Waals surface area contributed by atoms with Gasteiger partial charge in [-0.05, 0) is 36.4 Å². The highest BCUT2D eigenvalue weighted by Crippen LogP contribution is 2.10. The summed E-state index contributed by atoms with van der Waals surface area (Å²) in [5.74, 6) is -1.22. The summed E-state index contributed by atoms with van der Waals surface area (Å²) in [5, 5.41) is 0.143. The summed E-state index contributed by atoms with van der Waals surface area (Å²) >= 11 is 5.56. The Labute approximate surface area is 125 Å². The number of nitrogens with zero attached hydrogens (tertiary/aromatic N) is 1. The van der Waals surface area contributed by atoms with Gasteiger partial charge in [-0.25, -0.2) is 17.8 Å². The predicted molar refractivity (Wildman–Crippen MR) is 73.4 cm³/mol. The number of hydrazine groups is 1. The van der Waals surface area contributed by atoms with Crippen molar-refractivity contribution >= 4 is 27.5 Å². The number of pyridine rings is 1. The van der Waals surface area contributed by atoms with Gasteiger partial charge in [-0.3, -0.25) is 10.2 Å². The molecule has 0 aliphatic rings. The summed E-state index contributed by atoms with van der Waals surface area (Å²) in [5.41, 5.74) is 2.12. The Morgan fingerprint density at radius 2 is 1.81 bits per heavy atom. The molecule has 2 rings (SSSR count). The van der Waals surface area contributed by atoms with Crippen LogP contribution in [0.25, 0.3) is 0 Å². The van der Waals surface area contributed by atoms with E-state index in [1.54, 1.807) is 0 Å². The van der Waals surface area contributed by atoms with E-state index in [0.717, 1.165) is 18.3 Å². The Morgan fingerprint density at radius 3 is 2.38 bits per heavy atom. The van der Waals surface area contributed by atoms with Crippen LogP contribution in [0.4, 0.5) is 4.39 Å². The van der Waals surface area contributed by atoms with E-state index in [2.05, 4.69) is 4.98 Å². The molecular weight excluding hydrogens is 321 g/mol. The molecule has 0 fully saturated rings. The predicted octanol–water partition coefficient (Wildman–Crippen LogP) is 1.50. The summed E-state index contributed by atoms with van der Waals surface area (Å²) in [6.07, 6.45) is 1.05. The average molecular weight is 330 g/mol. The van der Waals surface area contributed by atoms with Gasteiger partial charge in [0.2, 0.25) is 0 Å². The number of carbonyl (C=O) groups excluding carboxylic acids is 1. The van der Waals surface area contributed by atoms with Crippen LogP contribution in [0.2, 0.25) is 5.15 Å². The Bertz CT molecular complexity index is 748. The van der Waals surface area contributed by atoms with Gasteiger partial charge in [0, 0.05) is 11.8 Å². The highest BCUT2D eigenvalue weighted by molar-refractivity contribution is 7.89. The molecule has 110 valence electrons. The minimum atomic E-state index is -3.97. The number of hydrogen-bond acceptors (Lipinski definition) is 4. The first-order chi connectivity index (χ1) is 9.88. The van der Waals surface area contributed by atoms with E-state index in [-0.39, 0.29) is 15.6 Å². The Hall–Kier alpha value is -2.03. The van der Waals surface area contributed by atoms with Crippen LogP contribution < -0.4 is 10.3 Å². The number of benzene rings is 1. The Kier molecular flexibility index (Phi) is 4.51. The van der Waals surface area contributed by atoms with Gasteiger partial charge < -0.3 is 0 Å². The molecule has 1 aromatic carbocycles. The molecule has 0 aliphatic carbocycles. The van der Waals surface area contributed by atoms with Crippen molar-refractivity contribution in [1.82, 2.24) is 15.2 Å². The SMILES string of the molecule is O=C(NNS(=O)(=O)c1ccc(Cl)nc1)c1ccc(F)cc1. The first-order valence-electron chi connectivity index (χ1n) is 5.58. The van der Waals surface area contributed by atoms with Crippen LogP contribution in [-0.4, -0.2) is 19.3 Å². The molecule has 0 bridgehead atoms. The van der Waals surface area contributed by atoms with Crippen LogP contribution in [0.1, 0.15) is 10.4 Å². The van der Waals surface area contributed by atoms with Crippen LogP contribution >= 0.6 is 11.6 Å². The Morgan fingerprint density at radius 1 is 1.14 bits per heavy atom. The minimum Gasteiger partial charge on any atom is -0.273 e. The number of sulfonamides is 1. The second kappa shape index (κ2) is 6.17. The quantitative estimate of drug-likeness (QED) is 0.657. The van der Waals surface area contributed by atoms with Gasteiger partial charge >= 0.3 is 0 Å². The molecule has 0 saturated carbocycles. The van der Waals surface area contributed by atoms with Crippen molar-refractivity contribution in [3.63, 3.8) is 0 Å². The summed E-state index contributed by atoms with van der Waals surface area (Å²) in [6.45, 7) is 0. The lowest BCUT2D eigenvalue weighted by Gasteiger charge is -2.08. The zero-order chi connectivity index (χ0) is 15.5. The van der Waals surface area contributed by atoms with Crippen molar-refractivity contribution in [2.45, 2.75) is 4.90 Å². The molecular formula is C12H9ClFN3O3S. The highest BCUT2D eigenvalue weighted by Gasteiger charge is 2.16. The van der Waals surface area contributed by atoms with Crippen molar-refractivity contribution in [2.24, 2.45) is 0 Å². The van der Waals surface area contributed by atoms with Gasteiger partial charge in [-0.2, -0.15) is 0 Å². The van der Waals surface area contributed by atoms with Crippen LogP contribution in [-0.2, 0) is 10.0 Å². The normalized spacial score (nSPS) is 11.1. The van der Waals surface area contributed by atoms with Crippen molar-refractivity contribution < 1.29 is 17.6 Å². The maximum absolute atomic E-state index is 12.7. The van der Waals surface area contributed by atoms with E-state index in [0.29, 0.717) is 0 Å². The van der Waals surface area contributed by atoms with E-state index < -0.39 is 21.7 Å². The van der Waals surface area contributed by atoms with E-state index in [1.165, 1.54) is 24.3 Å². The molecule has 0 spiro atoms. The first-order valence-corrected chi connectivity index (χ1v) is 7.44. The number of aromatic nitrogens is 1. The minimum absolute atomic E-state index is 0.105. The second-order valence-corrected chi connectivity index (χ2v) is 5.95. The molecule has 0 atom stereocenters. The molecule has 1 aromatic heterocycles. The third-order valence-electron chi connectivity index (χ3n) is 2.42. The van der Waals surface area contributed by atoms with Gasteiger partial charge in [0.15, 0.2) is 0 Å². The maximum Gasteiger partial charge on any atom is 0.266 e. The van der Waals surface area contributed by atoms with E-state index in [9.17, 15) is 17.6 Å². The molecule has 2 N–H and O–H groups in total. The number of rotatable bonds is 4. The number of amides is 1. The average Bonchev–Trinajstić information content (AvgIpc) is 2.46. The van der Waals surface area contributed by atoms with Crippen molar-refractivity contribution in [2.75, 3.05) is 0 Å². The molecule has 0 saturated heterocycles. The molecule has 9 heteroatoms. The van der Waals surface area contributed by atoms with Crippen LogP contribution in [0, 0.1) is 5.82 Å². The van der Waals surface area contributed by atoms with Gasteiger partial charge in [-0.1, -0.05) is 11.6 Å². The number of carbonyl (C=O) groups is 1. The molecule has 6 nitrogen and oxygen atoms in total. The standard InChI is InChI=1S/C12H9ClFN3O3S/c13-11-6-5-10(7-15-11)21(19,20)17-16-12(18)8-1-3-9(14)4-2-8/h1-7,17H,(H,16,18). The van der Waals surface area contributed by atoms with Gasteiger partial charge in [0.05, 0.1) is 0 Å². The number of hydrogen-bond donors (Lipinski definition) is 2. The van der Waals surface area contributed by atoms with E-state index in [1.807, 2.05) is 10.3 Å². The fourth-order valence-corrected chi connectivity index (χ4v) is 2.26. The summed E-state index contributed by atoms with van der Waals surface area (Å²) in [6, 6.07) is 7.17. The lowest BCUT2D eigenvalue weighted by molar-refractivity contribution is 0.0945. The van der Waals surface area contributed by atoms with E-state index in [4.69, 9.17) is 11.6 Å². The van der Waals surface area contributed by atoms with Gasteiger partial charge in [-0.15, -0.1) is 4.83 Å². The zero-order valence-corrected chi connectivity index (χ0v) is 12.0. The molecule has 2 aromatic rings. The molecule has 1 heterocycles. The monoisotopic (exact) mass is 329 g/mol. The van der Waals surface area contributed by atoms with Crippen LogP contribution in [0.5, 0.6) is 0 Å². The third kappa shape index (κ3) is 3.97. The van der Waals surface area contributed by atoms with Gasteiger partial charge in [0.25, 0.3) is 15.9 Å². The van der Waals surface area contributed by atoms with E-state index >= 15 is 0 Å². The van der Waals surface area contributed by atoms with Crippen LogP contribution in [0.3, 0.4) is 0 Å². The first kappa shape index (κ1) is 15.4. The van der Waals surface area contributed by atoms with Gasteiger partial charge in [0.1, 0.15) is 15.9 Å². The van der Waals surface area contributed by atoms with Crippen LogP contribution in [0.15, 0.2) is 47.5 Å². The Balaban J connectivity index is 2.06. The molecule has 0 unspecified atom stereocenters. The number of halogens is 2. The number of nitrogens with one attached hydrogen (secondary N) is 2. The third-order valence-corrected chi connectivity index (χ3v) is 3.87. The summed E-state index contributed by atoms with van der Waals surface area (Å²) in [7, 11) is -3.97. The zero-order valence-electron chi connectivity index (χ0n) is 10.4. The largest absolute Gasteiger partial charge is 0.273 e. The summed E-state index contributed by atoms with van der Waals surface area (Å²) in [4.78, 5) is 17.1. The second-order valence-electron chi connectivity index (χ2n) is 3.88. The lowest BCUT2D eigenvalue weighted by Crippen LogP contribution is -2.41. The molecule has 0 aliphatic heterocycles. The molecule has 1 amide bonds. The highest BCUT2D eigenvalue weighted by atomic mass is 35.5. The lowest BCUT2D eigenvalue weighted by atomic mass is 10.2. The van der Waals surface area contributed by atoms with Crippen molar-refractivity contribution in [1.29, 1.82) is 0 Å². The van der Waals surface area contributed by atoms with Crippen molar-refractivity contribution in [3.8, 4) is 0 Å². The fourth-order valence-electron chi connectivity index (χ4n) is 1.37. The molecule has 0 radical (unpaired) electrons. The smallest absolute Gasteiger partial charge is 0.266 e. The molecule has 21 heavy (non-hydrogen) atoms. The maximum atomic E-state index is 12.7.